The summed E-state index contributed by atoms with van der Waals surface area (Å²) in [4.78, 5) is 26.0. The number of aromatic hydroxyl groups is 7. The summed E-state index contributed by atoms with van der Waals surface area (Å²) in [6, 6.07) is 6.70. The van der Waals surface area contributed by atoms with E-state index in [0.717, 1.165) is 36.4 Å². The first-order chi connectivity index (χ1) is 20.8. The molecular weight excluding hydrogens is 592 g/mol. The Morgan fingerprint density at radius 1 is 0.773 bits per heavy atom. The number of phenols is 7. The lowest BCUT2D eigenvalue weighted by molar-refractivity contribution is -0.277. The van der Waals surface area contributed by atoms with Crippen molar-refractivity contribution in [2.45, 2.75) is 30.7 Å². The molecule has 5 rings (SSSR count). The minimum absolute atomic E-state index is 0.0612. The zero-order valence-electron chi connectivity index (χ0n) is 22.1. The van der Waals surface area contributed by atoms with Crippen LogP contribution in [0.5, 0.6) is 46.0 Å². The second kappa shape index (κ2) is 11.3. The van der Waals surface area contributed by atoms with Gasteiger partial charge in [-0.3, -0.25) is 4.79 Å². The summed E-state index contributed by atoms with van der Waals surface area (Å²) in [5, 5.41) is 99.8. The highest BCUT2D eigenvalue weighted by atomic mass is 16.7. The van der Waals surface area contributed by atoms with Gasteiger partial charge < -0.3 is 69.7 Å². The van der Waals surface area contributed by atoms with Gasteiger partial charge in [-0.05, 0) is 30.3 Å². The average molecular weight is 616 g/mol. The fraction of sp³-hybridized carbons (Fsp3) is 0.214. The zero-order chi connectivity index (χ0) is 32.0. The van der Waals surface area contributed by atoms with E-state index in [4.69, 9.17) is 18.6 Å². The first-order valence-corrected chi connectivity index (χ1v) is 12.6. The number of esters is 1. The molecule has 0 saturated carbocycles. The summed E-state index contributed by atoms with van der Waals surface area (Å²) < 4.78 is 21.9. The predicted octanol–water partition coefficient (Wildman–Crippen LogP) is 0.443. The van der Waals surface area contributed by atoms with Crippen LogP contribution in [0.15, 0.2) is 51.7 Å². The first kappa shape index (κ1) is 30.1. The molecule has 4 aromatic rings. The topological polar surface area (TPSA) is 277 Å². The monoisotopic (exact) mass is 616 g/mol. The normalized spacial score (nSPS) is 21.7. The number of ether oxygens (including phenoxy) is 3. The number of carbonyl (C=O) groups is 1. The van der Waals surface area contributed by atoms with Crippen LogP contribution < -0.4 is 10.2 Å². The maximum absolute atomic E-state index is 13.5. The summed E-state index contributed by atoms with van der Waals surface area (Å²) in [5.74, 6) is -7.19. The minimum atomic E-state index is -2.02. The van der Waals surface area contributed by atoms with E-state index in [9.17, 15) is 60.7 Å². The second-order valence-corrected chi connectivity index (χ2v) is 9.73. The van der Waals surface area contributed by atoms with E-state index in [1.54, 1.807) is 0 Å². The zero-order valence-corrected chi connectivity index (χ0v) is 22.1. The van der Waals surface area contributed by atoms with Crippen LogP contribution in [0.4, 0.5) is 0 Å². The minimum Gasteiger partial charge on any atom is -0.508 e. The third-order valence-corrected chi connectivity index (χ3v) is 6.74. The van der Waals surface area contributed by atoms with Crippen LogP contribution in [0.25, 0.3) is 22.3 Å². The van der Waals surface area contributed by atoms with E-state index in [1.807, 2.05) is 0 Å². The summed E-state index contributed by atoms with van der Waals surface area (Å²) in [7, 11) is 0. The van der Waals surface area contributed by atoms with Gasteiger partial charge in [-0.1, -0.05) is 0 Å². The van der Waals surface area contributed by atoms with Gasteiger partial charge in [0.15, 0.2) is 34.5 Å². The van der Waals surface area contributed by atoms with Crippen molar-refractivity contribution in [3.63, 3.8) is 0 Å². The number of rotatable bonds is 6. The molecule has 44 heavy (non-hydrogen) atoms. The quantitative estimate of drug-likeness (QED) is 0.104. The van der Waals surface area contributed by atoms with Gasteiger partial charge in [0.05, 0.1) is 5.56 Å². The van der Waals surface area contributed by atoms with Gasteiger partial charge in [0.1, 0.15) is 53.5 Å². The molecule has 16 nitrogen and oxygen atoms in total. The van der Waals surface area contributed by atoms with Gasteiger partial charge in [-0.15, -0.1) is 0 Å². The number of phenolic OH excluding ortho intramolecular Hbond substituents is 7. The fourth-order valence-corrected chi connectivity index (χ4v) is 4.46. The molecule has 1 aliphatic heterocycles. The highest BCUT2D eigenvalue weighted by Crippen LogP contribution is 2.40. The Labute approximate surface area is 244 Å². The standard InChI is InChI=1S/C28H24O16/c29-11-6-14(32)19-17(7-11)42-25(9-1-2-12(30)13(31)3-9)26(22(19)37)44-28-24(39)23(38)21(36)18(43-28)8-41-27(40)10-4-15(33)20(35)16(34)5-10/h1-7,18,21,23-24,28-36,38-39H,8H2/t18-,21+,23+,24-,28+/m1/s1. The number of fused-ring (bicyclic) bond motifs is 1. The van der Waals surface area contributed by atoms with Crippen LogP contribution in [-0.2, 0) is 9.47 Å². The van der Waals surface area contributed by atoms with Gasteiger partial charge in [0.2, 0.25) is 17.5 Å². The Hall–Kier alpha value is -5.42. The molecular formula is C28H24O16. The van der Waals surface area contributed by atoms with E-state index in [-0.39, 0.29) is 11.1 Å². The molecule has 10 N–H and O–H groups in total. The molecule has 16 heteroatoms. The highest BCUT2D eigenvalue weighted by Gasteiger charge is 2.46. The fourth-order valence-electron chi connectivity index (χ4n) is 4.46. The molecule has 5 atom stereocenters. The van der Waals surface area contributed by atoms with Crippen molar-refractivity contribution in [3.8, 4) is 57.3 Å². The summed E-state index contributed by atoms with van der Waals surface area (Å²) in [6.07, 6.45) is -9.43. The number of benzene rings is 3. The van der Waals surface area contributed by atoms with Crippen molar-refractivity contribution < 1.29 is 74.5 Å². The summed E-state index contributed by atoms with van der Waals surface area (Å²) >= 11 is 0. The van der Waals surface area contributed by atoms with Crippen molar-refractivity contribution >= 4 is 16.9 Å². The Morgan fingerprint density at radius 2 is 1.45 bits per heavy atom. The van der Waals surface area contributed by atoms with Crippen LogP contribution in [-0.4, -0.2) is 94.3 Å². The molecule has 2 heterocycles. The molecule has 0 amide bonds. The molecule has 1 aliphatic rings. The Bertz CT molecular complexity index is 1790. The van der Waals surface area contributed by atoms with Crippen LogP contribution in [0.1, 0.15) is 10.4 Å². The largest absolute Gasteiger partial charge is 0.508 e. The van der Waals surface area contributed by atoms with Crippen LogP contribution in [0, 0.1) is 0 Å². The first-order valence-electron chi connectivity index (χ1n) is 12.6. The van der Waals surface area contributed by atoms with Gasteiger partial charge >= 0.3 is 5.97 Å². The second-order valence-electron chi connectivity index (χ2n) is 9.73. The van der Waals surface area contributed by atoms with Crippen LogP contribution >= 0.6 is 0 Å². The van der Waals surface area contributed by atoms with E-state index in [0.29, 0.717) is 0 Å². The molecule has 232 valence electrons. The van der Waals surface area contributed by atoms with E-state index in [1.165, 1.54) is 6.07 Å². The number of aliphatic hydroxyl groups is 3. The van der Waals surface area contributed by atoms with Gasteiger partial charge in [-0.25, -0.2) is 4.79 Å². The summed E-state index contributed by atoms with van der Waals surface area (Å²) in [6.45, 7) is -0.795. The number of carbonyl (C=O) groups excluding carboxylic acids is 1. The molecule has 1 aromatic heterocycles. The molecule has 0 unspecified atom stereocenters. The third kappa shape index (κ3) is 5.40. The lowest BCUT2D eigenvalue weighted by atomic mass is 9.99. The van der Waals surface area contributed by atoms with Crippen molar-refractivity contribution in [3.05, 3.63) is 58.3 Å². The molecule has 0 bridgehead atoms. The van der Waals surface area contributed by atoms with Gasteiger partial charge in [-0.2, -0.15) is 0 Å². The average Bonchev–Trinajstić information content (AvgIpc) is 2.97. The van der Waals surface area contributed by atoms with Crippen LogP contribution in [0.3, 0.4) is 0 Å². The van der Waals surface area contributed by atoms with E-state index in [2.05, 4.69) is 0 Å². The Kier molecular flexibility index (Phi) is 7.75. The van der Waals surface area contributed by atoms with Crippen molar-refractivity contribution in [1.82, 2.24) is 0 Å². The van der Waals surface area contributed by atoms with E-state index < -0.39 is 111 Å². The molecule has 0 spiro atoms. The number of hydrogen-bond acceptors (Lipinski definition) is 16. The van der Waals surface area contributed by atoms with Gasteiger partial charge in [0.25, 0.3) is 0 Å². The lowest BCUT2D eigenvalue weighted by Gasteiger charge is -2.39. The number of hydrogen-bond donors (Lipinski definition) is 10. The maximum Gasteiger partial charge on any atom is 0.338 e. The van der Waals surface area contributed by atoms with Gasteiger partial charge in [0, 0.05) is 17.7 Å². The van der Waals surface area contributed by atoms with E-state index >= 15 is 0 Å². The molecule has 0 aliphatic carbocycles. The molecule has 1 saturated heterocycles. The van der Waals surface area contributed by atoms with Crippen molar-refractivity contribution in [2.75, 3.05) is 6.61 Å². The Morgan fingerprint density at radius 3 is 2.11 bits per heavy atom. The molecule has 3 aromatic carbocycles. The number of aliphatic hydroxyl groups excluding tert-OH is 3. The predicted molar refractivity (Wildman–Crippen MR) is 144 cm³/mol. The molecule has 1 fully saturated rings. The maximum atomic E-state index is 13.5. The smallest absolute Gasteiger partial charge is 0.338 e. The third-order valence-electron chi connectivity index (χ3n) is 6.74. The highest BCUT2D eigenvalue weighted by molar-refractivity contribution is 5.91. The lowest BCUT2D eigenvalue weighted by Crippen LogP contribution is -2.60. The Balaban J connectivity index is 1.48. The molecule has 0 radical (unpaired) electrons. The van der Waals surface area contributed by atoms with Crippen molar-refractivity contribution in [1.29, 1.82) is 0 Å². The summed E-state index contributed by atoms with van der Waals surface area (Å²) in [5.41, 5.74) is -1.84. The SMILES string of the molecule is O=C(OC[C@H]1O[C@@H](Oc2c(-c3ccc(O)c(O)c3)oc3cc(O)cc(O)c3c2=O)[C@H](O)[C@@H](O)[C@H]1O)c1cc(O)c(O)c(O)c1. The van der Waals surface area contributed by atoms with Crippen LogP contribution in [0.2, 0.25) is 0 Å². The van der Waals surface area contributed by atoms with Crippen molar-refractivity contribution in [2.24, 2.45) is 0 Å².